The van der Waals surface area contributed by atoms with E-state index in [1.54, 1.807) is 42.7 Å². The predicted molar refractivity (Wildman–Crippen MR) is 89.6 cm³/mol. The van der Waals surface area contributed by atoms with Crippen molar-refractivity contribution in [3.8, 4) is 5.75 Å². The van der Waals surface area contributed by atoms with Crippen molar-refractivity contribution in [2.45, 2.75) is 26.4 Å². The van der Waals surface area contributed by atoms with Gasteiger partial charge in [-0.25, -0.2) is 0 Å². The zero-order chi connectivity index (χ0) is 17.5. The molecule has 1 unspecified atom stereocenters. The number of rotatable bonds is 7. The fourth-order valence-electron chi connectivity index (χ4n) is 2.22. The van der Waals surface area contributed by atoms with E-state index < -0.39 is 6.04 Å². The average Bonchev–Trinajstić information content (AvgIpc) is 3.10. The van der Waals surface area contributed by atoms with E-state index in [-0.39, 0.29) is 24.3 Å². The summed E-state index contributed by atoms with van der Waals surface area (Å²) in [7, 11) is 1.54. The molecule has 128 valence electrons. The quantitative estimate of drug-likeness (QED) is 0.817. The summed E-state index contributed by atoms with van der Waals surface area (Å²) in [5, 5.41) is 5.55. The Bertz CT molecular complexity index is 680. The summed E-state index contributed by atoms with van der Waals surface area (Å²) in [6, 6.07) is 9.69. The van der Waals surface area contributed by atoms with Crippen molar-refractivity contribution in [2.75, 3.05) is 7.11 Å². The van der Waals surface area contributed by atoms with Crippen LogP contribution >= 0.6 is 0 Å². The first kappa shape index (κ1) is 17.6. The number of carbonyl (C=O) groups is 2. The largest absolute Gasteiger partial charge is 0.497 e. The number of nitrogens with one attached hydrogen (secondary N) is 2. The molecule has 0 saturated carbocycles. The van der Waals surface area contributed by atoms with Crippen LogP contribution in [0.5, 0.6) is 5.75 Å². The summed E-state index contributed by atoms with van der Waals surface area (Å²) in [4.78, 5) is 24.8. The number of methoxy groups -OCH3 is 1. The minimum absolute atomic E-state index is 0.0591. The summed E-state index contributed by atoms with van der Waals surface area (Å²) < 4.78 is 10.3. The number of hydrogen-bond acceptors (Lipinski definition) is 4. The number of hydrogen-bond donors (Lipinski definition) is 2. The normalized spacial score (nSPS) is 11.8. The van der Waals surface area contributed by atoms with Crippen LogP contribution in [0.2, 0.25) is 0 Å². The molecule has 2 amide bonds. The molecule has 6 nitrogen and oxygen atoms in total. The third-order valence-corrected chi connectivity index (χ3v) is 3.58. The van der Waals surface area contributed by atoms with Crippen molar-refractivity contribution in [3.63, 3.8) is 0 Å². The Morgan fingerprint density at radius 2 is 2.00 bits per heavy atom. The van der Waals surface area contributed by atoms with Crippen molar-refractivity contribution in [1.82, 2.24) is 10.6 Å². The maximum Gasteiger partial charge on any atom is 0.252 e. The van der Waals surface area contributed by atoms with E-state index in [2.05, 4.69) is 10.6 Å². The van der Waals surface area contributed by atoms with Gasteiger partial charge in [-0.05, 0) is 36.2 Å². The molecule has 6 heteroatoms. The van der Waals surface area contributed by atoms with Gasteiger partial charge in [0, 0.05) is 5.56 Å². The Morgan fingerprint density at radius 3 is 2.62 bits per heavy atom. The molecule has 0 aliphatic rings. The van der Waals surface area contributed by atoms with Crippen molar-refractivity contribution >= 4 is 11.8 Å². The summed E-state index contributed by atoms with van der Waals surface area (Å²) in [6.45, 7) is 4.04. The van der Waals surface area contributed by atoms with Gasteiger partial charge in [0.1, 0.15) is 17.6 Å². The van der Waals surface area contributed by atoms with E-state index in [4.69, 9.17) is 9.15 Å². The molecular weight excluding hydrogens is 308 g/mol. The predicted octanol–water partition coefficient (Wildman–Crippen LogP) is 2.36. The molecule has 1 aromatic heterocycles. The lowest BCUT2D eigenvalue weighted by molar-refractivity contribution is -0.124. The van der Waals surface area contributed by atoms with Gasteiger partial charge in [0.05, 0.1) is 19.9 Å². The third-order valence-electron chi connectivity index (χ3n) is 3.58. The second-order valence-electron chi connectivity index (χ2n) is 5.72. The molecule has 24 heavy (non-hydrogen) atoms. The van der Waals surface area contributed by atoms with E-state index >= 15 is 0 Å². The highest BCUT2D eigenvalue weighted by atomic mass is 16.5. The van der Waals surface area contributed by atoms with Crippen LogP contribution in [-0.4, -0.2) is 25.0 Å². The standard InChI is InChI=1S/C18H22N2O4/c1-12(2)16(18(22)19-11-15-8-5-9-24-15)20-17(21)13-6-4-7-14(10-13)23-3/h4-10,12,16H,11H2,1-3H3,(H,19,22)(H,20,21). The van der Waals surface area contributed by atoms with Crippen LogP contribution in [0.1, 0.15) is 30.0 Å². The molecule has 0 bridgehead atoms. The number of furan rings is 1. The van der Waals surface area contributed by atoms with E-state index in [0.717, 1.165) is 0 Å². The van der Waals surface area contributed by atoms with Crippen LogP contribution in [0.25, 0.3) is 0 Å². The van der Waals surface area contributed by atoms with Crippen LogP contribution in [-0.2, 0) is 11.3 Å². The highest BCUT2D eigenvalue weighted by Crippen LogP contribution is 2.13. The van der Waals surface area contributed by atoms with Crippen LogP contribution in [0.4, 0.5) is 0 Å². The maximum atomic E-state index is 12.4. The van der Waals surface area contributed by atoms with Gasteiger partial charge in [0.25, 0.3) is 5.91 Å². The molecule has 1 atom stereocenters. The van der Waals surface area contributed by atoms with Gasteiger partial charge in [-0.1, -0.05) is 19.9 Å². The van der Waals surface area contributed by atoms with Crippen LogP contribution < -0.4 is 15.4 Å². The Kier molecular flexibility index (Phi) is 6.01. The van der Waals surface area contributed by atoms with Crippen LogP contribution in [0, 0.1) is 5.92 Å². The average molecular weight is 330 g/mol. The van der Waals surface area contributed by atoms with Gasteiger partial charge < -0.3 is 19.8 Å². The Balaban J connectivity index is 2.01. The lowest BCUT2D eigenvalue weighted by atomic mass is 10.0. The summed E-state index contributed by atoms with van der Waals surface area (Å²) >= 11 is 0. The molecule has 0 spiro atoms. The molecule has 0 aliphatic carbocycles. The number of benzene rings is 1. The second kappa shape index (κ2) is 8.19. The molecule has 0 aliphatic heterocycles. The molecule has 0 radical (unpaired) electrons. The van der Waals surface area contributed by atoms with Crippen LogP contribution in [0.3, 0.4) is 0 Å². The molecular formula is C18H22N2O4. The first-order valence-electron chi connectivity index (χ1n) is 7.76. The number of amides is 2. The molecule has 1 aromatic carbocycles. The molecule has 0 saturated heterocycles. The van der Waals surface area contributed by atoms with Gasteiger partial charge in [0.2, 0.25) is 5.91 Å². The summed E-state index contributed by atoms with van der Waals surface area (Å²) in [5.41, 5.74) is 0.443. The summed E-state index contributed by atoms with van der Waals surface area (Å²) in [5.74, 6) is 0.616. The zero-order valence-corrected chi connectivity index (χ0v) is 14.0. The zero-order valence-electron chi connectivity index (χ0n) is 14.0. The van der Waals surface area contributed by atoms with E-state index in [1.807, 2.05) is 13.8 Å². The van der Waals surface area contributed by atoms with Gasteiger partial charge in [-0.15, -0.1) is 0 Å². The lowest BCUT2D eigenvalue weighted by Crippen LogP contribution is -2.49. The summed E-state index contributed by atoms with van der Waals surface area (Å²) in [6.07, 6.45) is 1.55. The van der Waals surface area contributed by atoms with E-state index in [1.165, 1.54) is 7.11 Å². The Hall–Kier alpha value is -2.76. The molecule has 2 N–H and O–H groups in total. The van der Waals surface area contributed by atoms with Gasteiger partial charge in [-0.2, -0.15) is 0 Å². The third kappa shape index (κ3) is 4.62. The Morgan fingerprint density at radius 1 is 1.21 bits per heavy atom. The molecule has 2 aromatic rings. The maximum absolute atomic E-state index is 12.4. The van der Waals surface area contributed by atoms with E-state index in [0.29, 0.717) is 17.1 Å². The van der Waals surface area contributed by atoms with Crippen molar-refractivity contribution in [3.05, 3.63) is 54.0 Å². The van der Waals surface area contributed by atoms with Crippen LogP contribution in [0.15, 0.2) is 47.1 Å². The smallest absolute Gasteiger partial charge is 0.252 e. The Labute approximate surface area is 141 Å². The topological polar surface area (TPSA) is 80.6 Å². The second-order valence-corrected chi connectivity index (χ2v) is 5.72. The minimum atomic E-state index is -0.640. The van der Waals surface area contributed by atoms with E-state index in [9.17, 15) is 9.59 Å². The van der Waals surface area contributed by atoms with Gasteiger partial charge in [-0.3, -0.25) is 9.59 Å². The first-order chi connectivity index (χ1) is 11.5. The number of ether oxygens (including phenoxy) is 1. The first-order valence-corrected chi connectivity index (χ1v) is 7.76. The SMILES string of the molecule is COc1cccc(C(=O)NC(C(=O)NCc2ccco2)C(C)C)c1. The molecule has 2 rings (SSSR count). The minimum Gasteiger partial charge on any atom is -0.497 e. The highest BCUT2D eigenvalue weighted by Gasteiger charge is 2.24. The lowest BCUT2D eigenvalue weighted by Gasteiger charge is -2.21. The molecule has 0 fully saturated rings. The monoisotopic (exact) mass is 330 g/mol. The van der Waals surface area contributed by atoms with Crippen molar-refractivity contribution in [2.24, 2.45) is 5.92 Å². The number of carbonyl (C=O) groups excluding carboxylic acids is 2. The fourth-order valence-corrected chi connectivity index (χ4v) is 2.22. The molecule has 1 heterocycles. The van der Waals surface area contributed by atoms with Gasteiger partial charge >= 0.3 is 0 Å². The van der Waals surface area contributed by atoms with Crippen molar-refractivity contribution in [1.29, 1.82) is 0 Å². The fraction of sp³-hybridized carbons (Fsp3) is 0.333. The van der Waals surface area contributed by atoms with Crippen molar-refractivity contribution < 1.29 is 18.7 Å². The van der Waals surface area contributed by atoms with Gasteiger partial charge in [0.15, 0.2) is 0 Å². The highest BCUT2D eigenvalue weighted by molar-refractivity contribution is 5.97.